The molecule has 1 amide bonds. The van der Waals surface area contributed by atoms with E-state index in [1.807, 2.05) is 0 Å². The molecule has 7 nitrogen and oxygen atoms in total. The average molecular weight is 271 g/mol. The lowest BCUT2D eigenvalue weighted by Gasteiger charge is -2.25. The van der Waals surface area contributed by atoms with Gasteiger partial charge < -0.3 is 15.8 Å². The topological polar surface area (TPSA) is 107 Å². The summed E-state index contributed by atoms with van der Waals surface area (Å²) in [6, 6.07) is 3.12. The first-order chi connectivity index (χ1) is 8.80. The van der Waals surface area contributed by atoms with Crippen LogP contribution in [-0.4, -0.2) is 30.0 Å². The van der Waals surface area contributed by atoms with Crippen molar-refractivity contribution in [3.8, 4) is 5.75 Å². The van der Waals surface area contributed by atoms with Crippen LogP contribution in [0.2, 0.25) is 0 Å². The van der Waals surface area contributed by atoms with Gasteiger partial charge in [-0.3, -0.25) is 14.9 Å². The second-order valence-electron chi connectivity index (χ2n) is 4.11. The van der Waals surface area contributed by atoms with E-state index < -0.39 is 27.9 Å². The van der Waals surface area contributed by atoms with Crippen molar-refractivity contribution in [3.05, 3.63) is 34.1 Å². The van der Waals surface area contributed by atoms with Crippen molar-refractivity contribution in [1.82, 2.24) is 5.32 Å². The molecule has 1 atom stereocenters. The fraction of sp³-hybridized carbons (Fsp3) is 0.364. The van der Waals surface area contributed by atoms with Gasteiger partial charge in [-0.15, -0.1) is 0 Å². The quantitative estimate of drug-likeness (QED) is 0.581. The summed E-state index contributed by atoms with van der Waals surface area (Å²) >= 11 is 0. The van der Waals surface area contributed by atoms with E-state index in [4.69, 9.17) is 10.5 Å². The molecule has 0 heterocycles. The Morgan fingerprint density at radius 2 is 2.26 bits per heavy atom. The second kappa shape index (κ2) is 5.61. The molecule has 104 valence electrons. The van der Waals surface area contributed by atoms with E-state index in [1.165, 1.54) is 20.0 Å². The molecule has 0 fully saturated rings. The summed E-state index contributed by atoms with van der Waals surface area (Å²) in [6.07, 6.45) is 0. The number of hydrogen-bond acceptors (Lipinski definition) is 5. The Labute approximate surface area is 108 Å². The monoisotopic (exact) mass is 271 g/mol. The van der Waals surface area contributed by atoms with Crippen molar-refractivity contribution >= 4 is 11.6 Å². The number of nitro benzene ring substituents is 1. The molecule has 0 aliphatic carbocycles. The van der Waals surface area contributed by atoms with Crippen LogP contribution < -0.4 is 15.8 Å². The Morgan fingerprint density at radius 1 is 1.63 bits per heavy atom. The van der Waals surface area contributed by atoms with Gasteiger partial charge in [0.05, 0.1) is 4.92 Å². The summed E-state index contributed by atoms with van der Waals surface area (Å²) in [5.41, 5.74) is 3.44. The smallest absolute Gasteiger partial charge is 0.305 e. The van der Waals surface area contributed by atoms with Crippen molar-refractivity contribution < 1.29 is 18.8 Å². The fourth-order valence-electron chi connectivity index (χ4n) is 1.22. The van der Waals surface area contributed by atoms with Crippen LogP contribution in [0.25, 0.3) is 0 Å². The molecule has 0 saturated heterocycles. The molecule has 19 heavy (non-hydrogen) atoms. The minimum atomic E-state index is -1.11. The average Bonchev–Trinajstić information content (AvgIpc) is 2.35. The van der Waals surface area contributed by atoms with Gasteiger partial charge in [-0.1, -0.05) is 0 Å². The molecule has 0 spiro atoms. The molecule has 1 aromatic carbocycles. The highest BCUT2D eigenvalue weighted by molar-refractivity contribution is 5.84. The molecule has 0 radical (unpaired) electrons. The Hall–Kier alpha value is -2.22. The summed E-state index contributed by atoms with van der Waals surface area (Å²) in [7, 11) is 1.53. The van der Waals surface area contributed by atoms with Crippen molar-refractivity contribution in [2.24, 2.45) is 5.73 Å². The highest BCUT2D eigenvalue weighted by Crippen LogP contribution is 2.22. The number of benzene rings is 1. The van der Waals surface area contributed by atoms with Gasteiger partial charge in [0.15, 0.2) is 0 Å². The molecule has 0 bridgehead atoms. The van der Waals surface area contributed by atoms with Crippen molar-refractivity contribution in [2.75, 3.05) is 13.7 Å². The number of primary amides is 1. The number of nitrogens with zero attached hydrogens (tertiary/aromatic N) is 1. The van der Waals surface area contributed by atoms with Crippen LogP contribution in [0, 0.1) is 15.9 Å². The Morgan fingerprint density at radius 3 is 2.68 bits per heavy atom. The number of hydrogen-bond donors (Lipinski definition) is 2. The third-order valence-corrected chi connectivity index (χ3v) is 2.74. The minimum Gasteiger partial charge on any atom is -0.491 e. The zero-order valence-electron chi connectivity index (χ0n) is 10.5. The summed E-state index contributed by atoms with van der Waals surface area (Å²) in [5.74, 6) is -1.56. The fourth-order valence-corrected chi connectivity index (χ4v) is 1.22. The lowest BCUT2D eigenvalue weighted by atomic mass is 10.0. The highest BCUT2D eigenvalue weighted by atomic mass is 19.1. The number of carbonyl (C=O) groups excluding carboxylic acids is 1. The second-order valence-corrected chi connectivity index (χ2v) is 4.11. The predicted molar refractivity (Wildman–Crippen MR) is 65.2 cm³/mol. The molecule has 1 aromatic rings. The number of nitrogens with two attached hydrogens (primary N) is 1. The molecular formula is C11H14FN3O4. The lowest BCUT2D eigenvalue weighted by Crippen LogP contribution is -2.55. The number of carbonyl (C=O) groups is 1. The van der Waals surface area contributed by atoms with E-state index in [9.17, 15) is 19.3 Å². The molecule has 0 aliphatic heterocycles. The van der Waals surface area contributed by atoms with Crippen LogP contribution in [0.4, 0.5) is 10.1 Å². The SMILES string of the molecule is CNC(C)(COc1ccc([N+](=O)[O-])c(F)c1)C(N)=O. The van der Waals surface area contributed by atoms with Gasteiger partial charge >= 0.3 is 5.69 Å². The largest absolute Gasteiger partial charge is 0.491 e. The predicted octanol–water partition coefficient (Wildman–Crippen LogP) is 0.576. The summed E-state index contributed by atoms with van der Waals surface area (Å²) < 4.78 is 18.5. The van der Waals surface area contributed by atoms with E-state index in [1.54, 1.807) is 0 Å². The molecule has 8 heteroatoms. The number of amides is 1. The molecule has 0 aliphatic rings. The third kappa shape index (κ3) is 3.38. The van der Waals surface area contributed by atoms with E-state index in [-0.39, 0.29) is 12.4 Å². The molecule has 3 N–H and O–H groups in total. The maximum absolute atomic E-state index is 13.3. The third-order valence-electron chi connectivity index (χ3n) is 2.74. The van der Waals surface area contributed by atoms with Gasteiger partial charge in [0.2, 0.25) is 11.7 Å². The van der Waals surface area contributed by atoms with Gasteiger partial charge in [0.1, 0.15) is 17.9 Å². The first-order valence-corrected chi connectivity index (χ1v) is 5.35. The van der Waals surface area contributed by atoms with Crippen LogP contribution >= 0.6 is 0 Å². The first kappa shape index (κ1) is 14.8. The Bertz CT molecular complexity index is 509. The number of ether oxygens (including phenoxy) is 1. The minimum absolute atomic E-state index is 0.0748. The van der Waals surface area contributed by atoms with Gasteiger partial charge in [0, 0.05) is 12.1 Å². The highest BCUT2D eigenvalue weighted by Gasteiger charge is 2.30. The van der Waals surface area contributed by atoms with Crippen molar-refractivity contribution in [3.63, 3.8) is 0 Å². The molecule has 0 aromatic heterocycles. The van der Waals surface area contributed by atoms with E-state index in [0.29, 0.717) is 0 Å². The van der Waals surface area contributed by atoms with E-state index in [0.717, 1.165) is 12.1 Å². The summed E-state index contributed by atoms with van der Waals surface area (Å²) in [6.45, 7) is 1.40. The first-order valence-electron chi connectivity index (χ1n) is 5.35. The Balaban J connectivity index is 2.82. The number of nitro groups is 1. The van der Waals surface area contributed by atoms with Crippen molar-refractivity contribution in [2.45, 2.75) is 12.5 Å². The van der Waals surface area contributed by atoms with Gasteiger partial charge in [0.25, 0.3) is 0 Å². The zero-order valence-corrected chi connectivity index (χ0v) is 10.5. The molecule has 1 unspecified atom stereocenters. The lowest BCUT2D eigenvalue weighted by molar-refractivity contribution is -0.387. The molecular weight excluding hydrogens is 257 g/mol. The van der Waals surface area contributed by atoms with Crippen LogP contribution in [0.1, 0.15) is 6.92 Å². The number of likely N-dealkylation sites (N-methyl/N-ethyl adjacent to an activating group) is 1. The normalized spacial score (nSPS) is 13.6. The summed E-state index contributed by atoms with van der Waals surface area (Å²) in [5, 5.41) is 13.1. The maximum atomic E-state index is 13.3. The Kier molecular flexibility index (Phi) is 4.38. The summed E-state index contributed by atoms with van der Waals surface area (Å²) in [4.78, 5) is 20.8. The van der Waals surface area contributed by atoms with Crippen molar-refractivity contribution in [1.29, 1.82) is 0 Å². The standard InChI is InChI=1S/C11H14FN3O4/c1-11(14-2,10(13)16)6-19-7-3-4-9(15(17)18)8(12)5-7/h3-5,14H,6H2,1-2H3,(H2,13,16). The van der Waals surface area contributed by atoms with Gasteiger partial charge in [-0.05, 0) is 20.0 Å². The van der Waals surface area contributed by atoms with Crippen LogP contribution in [0.3, 0.4) is 0 Å². The molecule has 1 rings (SSSR count). The van der Waals surface area contributed by atoms with Crippen LogP contribution in [-0.2, 0) is 4.79 Å². The van der Waals surface area contributed by atoms with Gasteiger partial charge in [-0.25, -0.2) is 0 Å². The van der Waals surface area contributed by atoms with Gasteiger partial charge in [-0.2, -0.15) is 4.39 Å². The zero-order chi connectivity index (χ0) is 14.6. The van der Waals surface area contributed by atoms with Crippen LogP contribution in [0.15, 0.2) is 18.2 Å². The number of halogens is 1. The molecule has 0 saturated carbocycles. The maximum Gasteiger partial charge on any atom is 0.305 e. The number of rotatable bonds is 6. The number of nitrogens with one attached hydrogen (secondary N) is 1. The van der Waals surface area contributed by atoms with E-state index in [2.05, 4.69) is 5.32 Å². The van der Waals surface area contributed by atoms with Crippen LogP contribution in [0.5, 0.6) is 5.75 Å². The van der Waals surface area contributed by atoms with E-state index >= 15 is 0 Å².